The van der Waals surface area contributed by atoms with Crippen LogP contribution in [0, 0.1) is 6.92 Å². The Morgan fingerprint density at radius 2 is 1.94 bits per heavy atom. The summed E-state index contributed by atoms with van der Waals surface area (Å²) >= 11 is 0. The van der Waals surface area contributed by atoms with Gasteiger partial charge in [0, 0.05) is 0 Å². The summed E-state index contributed by atoms with van der Waals surface area (Å²) in [6.07, 6.45) is 0.609. The third-order valence-corrected chi connectivity index (χ3v) is 4.46. The number of ether oxygens (including phenoxy) is 3. The van der Waals surface area contributed by atoms with Crippen LogP contribution < -0.4 is 15.4 Å². The standard InChI is InChI=1S/C22H22N2O8/c1-3-29-21(27)19-15(23-22(28)24-20(19)17-9-8-13(2)32-17)11-31-18(26)12-30-16-7-5-4-6-14(16)10-25/h4-10,20H,3,11-12H2,1-2H3,(H2,23,24,28). The van der Waals surface area contributed by atoms with Gasteiger partial charge in [0.2, 0.25) is 0 Å². The molecule has 2 N–H and O–H groups in total. The van der Waals surface area contributed by atoms with Crippen molar-refractivity contribution in [2.75, 3.05) is 19.8 Å². The van der Waals surface area contributed by atoms with E-state index in [0.717, 1.165) is 0 Å². The number of aldehydes is 1. The largest absolute Gasteiger partial charge is 0.481 e. The molecule has 1 aliphatic rings. The number of urea groups is 1. The number of aryl methyl sites for hydroxylation is 1. The van der Waals surface area contributed by atoms with Crippen molar-refractivity contribution in [3.05, 3.63) is 64.8 Å². The number of carbonyl (C=O) groups is 4. The molecular formula is C22H22N2O8. The van der Waals surface area contributed by atoms with Crippen LogP contribution in [0.1, 0.15) is 34.8 Å². The summed E-state index contributed by atoms with van der Waals surface area (Å²) in [5, 5.41) is 5.09. The van der Waals surface area contributed by atoms with Crippen LogP contribution in [0.25, 0.3) is 0 Å². The van der Waals surface area contributed by atoms with Crippen LogP contribution in [-0.4, -0.2) is 44.1 Å². The van der Waals surface area contributed by atoms with Gasteiger partial charge in [-0.2, -0.15) is 0 Å². The van der Waals surface area contributed by atoms with E-state index < -0.39 is 37.2 Å². The Balaban J connectivity index is 1.76. The van der Waals surface area contributed by atoms with E-state index in [2.05, 4.69) is 10.6 Å². The maximum atomic E-state index is 12.6. The highest BCUT2D eigenvalue weighted by molar-refractivity contribution is 5.95. The lowest BCUT2D eigenvalue weighted by Gasteiger charge is -2.27. The second kappa shape index (κ2) is 10.3. The molecule has 0 bridgehead atoms. The lowest BCUT2D eigenvalue weighted by atomic mass is 10.0. The van der Waals surface area contributed by atoms with Crippen LogP contribution in [-0.2, 0) is 19.1 Å². The van der Waals surface area contributed by atoms with E-state index in [0.29, 0.717) is 17.8 Å². The van der Waals surface area contributed by atoms with Crippen molar-refractivity contribution in [2.24, 2.45) is 0 Å². The molecule has 2 aromatic rings. The average molecular weight is 442 g/mol. The molecule has 0 fully saturated rings. The first-order chi connectivity index (χ1) is 15.4. The third-order valence-electron chi connectivity index (χ3n) is 4.46. The van der Waals surface area contributed by atoms with Gasteiger partial charge in [-0.3, -0.25) is 4.79 Å². The van der Waals surface area contributed by atoms with Crippen LogP contribution in [0.2, 0.25) is 0 Å². The second-order valence-electron chi connectivity index (χ2n) is 6.70. The smallest absolute Gasteiger partial charge is 0.344 e. The fraction of sp³-hybridized carbons (Fsp3) is 0.273. The lowest BCUT2D eigenvalue weighted by Crippen LogP contribution is -2.47. The summed E-state index contributed by atoms with van der Waals surface area (Å²) in [5.41, 5.74) is 0.406. The van der Waals surface area contributed by atoms with E-state index in [1.807, 2.05) is 0 Å². The quantitative estimate of drug-likeness (QED) is 0.446. The number of para-hydroxylation sites is 1. The molecule has 1 aromatic heterocycles. The van der Waals surface area contributed by atoms with Crippen LogP contribution >= 0.6 is 0 Å². The van der Waals surface area contributed by atoms with Crippen molar-refractivity contribution in [1.82, 2.24) is 10.6 Å². The van der Waals surface area contributed by atoms with Crippen molar-refractivity contribution in [3.8, 4) is 5.75 Å². The molecule has 32 heavy (non-hydrogen) atoms. The molecule has 1 atom stereocenters. The number of esters is 2. The monoisotopic (exact) mass is 442 g/mol. The number of benzene rings is 1. The van der Waals surface area contributed by atoms with Crippen LogP contribution in [0.5, 0.6) is 5.75 Å². The molecule has 2 amide bonds. The van der Waals surface area contributed by atoms with Crippen molar-refractivity contribution >= 4 is 24.3 Å². The Hall–Kier alpha value is -4.08. The van der Waals surface area contributed by atoms with Gasteiger partial charge in [-0.1, -0.05) is 12.1 Å². The van der Waals surface area contributed by atoms with Gasteiger partial charge in [-0.25, -0.2) is 14.4 Å². The zero-order chi connectivity index (χ0) is 23.1. The van der Waals surface area contributed by atoms with Gasteiger partial charge < -0.3 is 29.3 Å². The highest BCUT2D eigenvalue weighted by atomic mass is 16.6. The Morgan fingerprint density at radius 3 is 2.62 bits per heavy atom. The van der Waals surface area contributed by atoms with Crippen LogP contribution in [0.15, 0.2) is 52.1 Å². The van der Waals surface area contributed by atoms with Crippen molar-refractivity contribution in [3.63, 3.8) is 0 Å². The van der Waals surface area contributed by atoms with Gasteiger partial charge in [-0.15, -0.1) is 0 Å². The number of carbonyl (C=O) groups excluding carboxylic acids is 4. The minimum atomic E-state index is -0.916. The maximum Gasteiger partial charge on any atom is 0.344 e. The molecular weight excluding hydrogens is 420 g/mol. The molecule has 1 unspecified atom stereocenters. The molecule has 0 saturated carbocycles. The summed E-state index contributed by atoms with van der Waals surface area (Å²) in [6.45, 7) is 2.60. The highest BCUT2D eigenvalue weighted by Gasteiger charge is 2.36. The van der Waals surface area contributed by atoms with Crippen molar-refractivity contribution in [1.29, 1.82) is 0 Å². The molecule has 168 valence electrons. The summed E-state index contributed by atoms with van der Waals surface area (Å²) in [7, 11) is 0. The number of hydrogen-bond donors (Lipinski definition) is 2. The predicted octanol–water partition coefficient (Wildman–Crippen LogP) is 2.19. The fourth-order valence-corrected chi connectivity index (χ4v) is 3.04. The number of furan rings is 1. The fourth-order valence-electron chi connectivity index (χ4n) is 3.04. The number of amides is 2. The van der Waals surface area contributed by atoms with E-state index in [1.165, 1.54) is 0 Å². The van der Waals surface area contributed by atoms with Crippen LogP contribution in [0.3, 0.4) is 0 Å². The molecule has 0 saturated heterocycles. The first-order valence-corrected chi connectivity index (χ1v) is 9.79. The van der Waals surface area contributed by atoms with Crippen molar-refractivity contribution in [2.45, 2.75) is 19.9 Å². The molecule has 0 radical (unpaired) electrons. The molecule has 0 aliphatic carbocycles. The topological polar surface area (TPSA) is 133 Å². The number of hydrogen-bond acceptors (Lipinski definition) is 8. The predicted molar refractivity (Wildman–Crippen MR) is 110 cm³/mol. The van der Waals surface area contributed by atoms with E-state index >= 15 is 0 Å². The van der Waals surface area contributed by atoms with Crippen LogP contribution in [0.4, 0.5) is 4.79 Å². The second-order valence-corrected chi connectivity index (χ2v) is 6.70. The molecule has 0 spiro atoms. The Kier molecular flexibility index (Phi) is 7.27. The van der Waals surface area contributed by atoms with Crippen molar-refractivity contribution < 1.29 is 37.8 Å². The van der Waals surface area contributed by atoms with E-state index in [1.54, 1.807) is 50.2 Å². The van der Waals surface area contributed by atoms with Gasteiger partial charge >= 0.3 is 18.0 Å². The van der Waals surface area contributed by atoms with E-state index in [9.17, 15) is 19.2 Å². The normalized spacial score (nSPS) is 15.4. The Labute approximate surface area is 183 Å². The third kappa shape index (κ3) is 5.34. The minimum absolute atomic E-state index is 0.0563. The summed E-state index contributed by atoms with van der Waals surface area (Å²) in [4.78, 5) is 48.0. The number of nitrogens with one attached hydrogen (secondary N) is 2. The molecule has 10 nitrogen and oxygen atoms in total. The molecule has 10 heteroatoms. The average Bonchev–Trinajstić information content (AvgIpc) is 3.22. The summed E-state index contributed by atoms with van der Waals surface area (Å²) in [5.74, 6) is -0.301. The summed E-state index contributed by atoms with van der Waals surface area (Å²) < 4.78 is 21.2. The zero-order valence-electron chi connectivity index (χ0n) is 17.5. The van der Waals surface area contributed by atoms with Gasteiger partial charge in [0.05, 0.1) is 23.4 Å². The molecule has 1 aliphatic heterocycles. The van der Waals surface area contributed by atoms with Gasteiger partial charge in [-0.05, 0) is 38.1 Å². The minimum Gasteiger partial charge on any atom is -0.481 e. The lowest BCUT2D eigenvalue weighted by molar-refractivity contribution is -0.145. The number of rotatable bonds is 9. The van der Waals surface area contributed by atoms with Gasteiger partial charge in [0.25, 0.3) is 0 Å². The Bertz CT molecular complexity index is 1060. The van der Waals surface area contributed by atoms with E-state index in [-0.39, 0.29) is 29.2 Å². The maximum absolute atomic E-state index is 12.6. The SMILES string of the molecule is CCOC(=O)C1=C(COC(=O)COc2ccccc2C=O)NC(=O)NC1c1ccc(C)o1. The highest BCUT2D eigenvalue weighted by Crippen LogP contribution is 2.29. The molecule has 3 rings (SSSR count). The Morgan fingerprint density at radius 1 is 1.16 bits per heavy atom. The van der Waals surface area contributed by atoms with E-state index in [4.69, 9.17) is 18.6 Å². The summed E-state index contributed by atoms with van der Waals surface area (Å²) in [6, 6.07) is 8.22. The first kappa shape index (κ1) is 22.6. The van der Waals surface area contributed by atoms with Gasteiger partial charge in [0.15, 0.2) is 12.9 Å². The van der Waals surface area contributed by atoms with Gasteiger partial charge in [0.1, 0.15) is 29.9 Å². The first-order valence-electron chi connectivity index (χ1n) is 9.79. The molecule has 1 aromatic carbocycles. The zero-order valence-corrected chi connectivity index (χ0v) is 17.5. The molecule has 2 heterocycles.